The normalized spacial score (nSPS) is 11.2. The van der Waals surface area contributed by atoms with E-state index in [4.69, 9.17) is 30.5 Å². The Balaban J connectivity index is 1.61. The zero-order valence-corrected chi connectivity index (χ0v) is 22.6. The molecule has 2 amide bonds. The fourth-order valence-corrected chi connectivity index (χ4v) is 4.15. The molecule has 1 unspecified atom stereocenters. The summed E-state index contributed by atoms with van der Waals surface area (Å²) in [7, 11) is 4.25. The van der Waals surface area contributed by atoms with E-state index in [1.165, 1.54) is 39.5 Å². The van der Waals surface area contributed by atoms with Gasteiger partial charge in [0, 0.05) is 22.5 Å². The van der Waals surface area contributed by atoms with Crippen LogP contribution in [0.3, 0.4) is 0 Å². The Kier molecular flexibility index (Phi) is 9.08. The average Bonchev–Trinajstić information content (AvgIpc) is 2.96. The SMILES string of the molecule is COC(=O)c1cc(NC(=O)Nc2ccc(OC)c(OC)c2)ccc1OC(c1ccc(F)cc1)c1cccc(Cl)c1. The quantitative estimate of drug-likeness (QED) is 0.211. The van der Waals surface area contributed by atoms with Gasteiger partial charge in [0.1, 0.15) is 23.2 Å². The van der Waals surface area contributed by atoms with Crippen LogP contribution < -0.4 is 24.8 Å². The average molecular weight is 565 g/mol. The molecule has 0 fully saturated rings. The lowest BCUT2D eigenvalue weighted by Gasteiger charge is -2.22. The van der Waals surface area contributed by atoms with E-state index in [2.05, 4.69) is 10.6 Å². The van der Waals surface area contributed by atoms with Gasteiger partial charge in [-0.3, -0.25) is 0 Å². The minimum Gasteiger partial charge on any atom is -0.493 e. The zero-order chi connectivity index (χ0) is 28.6. The lowest BCUT2D eigenvalue weighted by Crippen LogP contribution is -2.20. The van der Waals surface area contributed by atoms with Crippen LogP contribution in [-0.4, -0.2) is 33.3 Å². The molecule has 0 radical (unpaired) electrons. The van der Waals surface area contributed by atoms with Gasteiger partial charge in [0.25, 0.3) is 0 Å². The maximum atomic E-state index is 13.6. The van der Waals surface area contributed by atoms with Crippen molar-refractivity contribution in [2.45, 2.75) is 6.10 Å². The highest BCUT2D eigenvalue weighted by atomic mass is 35.5. The van der Waals surface area contributed by atoms with Crippen molar-refractivity contribution in [3.63, 3.8) is 0 Å². The molecule has 0 saturated carbocycles. The molecule has 206 valence electrons. The van der Waals surface area contributed by atoms with Crippen LogP contribution in [-0.2, 0) is 4.74 Å². The summed E-state index contributed by atoms with van der Waals surface area (Å²) in [6.45, 7) is 0. The first kappa shape index (κ1) is 28.3. The number of rotatable bonds is 9. The summed E-state index contributed by atoms with van der Waals surface area (Å²) in [5.74, 6) is 0.0780. The zero-order valence-electron chi connectivity index (χ0n) is 21.9. The highest BCUT2D eigenvalue weighted by molar-refractivity contribution is 6.30. The Morgan fingerprint density at radius 3 is 2.02 bits per heavy atom. The van der Waals surface area contributed by atoms with Crippen LogP contribution in [0, 0.1) is 5.82 Å². The molecule has 4 rings (SSSR count). The summed E-state index contributed by atoms with van der Waals surface area (Å²) in [4.78, 5) is 25.4. The van der Waals surface area contributed by atoms with Crippen LogP contribution in [0.5, 0.6) is 17.2 Å². The molecule has 0 aliphatic carbocycles. The van der Waals surface area contributed by atoms with E-state index in [0.717, 1.165) is 0 Å². The summed E-state index contributed by atoms with van der Waals surface area (Å²) < 4.78 is 35.4. The molecule has 0 bridgehead atoms. The molecule has 2 N–H and O–H groups in total. The Bertz CT molecular complexity index is 1510. The monoisotopic (exact) mass is 564 g/mol. The fourth-order valence-electron chi connectivity index (χ4n) is 3.95. The van der Waals surface area contributed by atoms with E-state index in [1.807, 2.05) is 6.07 Å². The number of benzene rings is 4. The largest absolute Gasteiger partial charge is 0.493 e. The van der Waals surface area contributed by atoms with E-state index >= 15 is 0 Å². The number of anilines is 2. The Hall–Kier alpha value is -4.76. The number of halogens is 2. The minimum atomic E-state index is -0.727. The summed E-state index contributed by atoms with van der Waals surface area (Å²) in [5, 5.41) is 5.88. The second kappa shape index (κ2) is 12.9. The fraction of sp³-hybridized carbons (Fsp3) is 0.133. The lowest BCUT2D eigenvalue weighted by atomic mass is 10.0. The summed E-state index contributed by atoms with van der Waals surface area (Å²) >= 11 is 6.22. The third-order valence-electron chi connectivity index (χ3n) is 5.85. The number of esters is 1. The molecule has 0 aromatic heterocycles. The van der Waals surface area contributed by atoms with Crippen LogP contribution in [0.25, 0.3) is 0 Å². The summed E-state index contributed by atoms with van der Waals surface area (Å²) in [6.07, 6.45) is -0.727. The lowest BCUT2D eigenvalue weighted by molar-refractivity contribution is 0.0594. The number of nitrogens with one attached hydrogen (secondary N) is 2. The Labute approximate surface area is 235 Å². The van der Waals surface area contributed by atoms with E-state index in [-0.39, 0.29) is 11.3 Å². The first-order valence-electron chi connectivity index (χ1n) is 12.0. The number of amides is 2. The van der Waals surface area contributed by atoms with E-state index in [1.54, 1.807) is 60.7 Å². The van der Waals surface area contributed by atoms with Crippen molar-refractivity contribution < 1.29 is 32.9 Å². The van der Waals surface area contributed by atoms with E-state index in [9.17, 15) is 14.0 Å². The van der Waals surface area contributed by atoms with Crippen LogP contribution in [0.4, 0.5) is 20.6 Å². The van der Waals surface area contributed by atoms with Gasteiger partial charge in [0.2, 0.25) is 0 Å². The van der Waals surface area contributed by atoms with E-state index in [0.29, 0.717) is 39.0 Å². The van der Waals surface area contributed by atoms with Gasteiger partial charge in [-0.1, -0.05) is 35.9 Å². The molecule has 40 heavy (non-hydrogen) atoms. The number of carbonyl (C=O) groups excluding carboxylic acids is 2. The third-order valence-corrected chi connectivity index (χ3v) is 6.09. The second-order valence-corrected chi connectivity index (χ2v) is 8.89. The maximum Gasteiger partial charge on any atom is 0.341 e. The molecular weight excluding hydrogens is 539 g/mol. The molecule has 0 spiro atoms. The number of ether oxygens (including phenoxy) is 4. The van der Waals surface area contributed by atoms with Gasteiger partial charge >= 0.3 is 12.0 Å². The number of hydrogen-bond donors (Lipinski definition) is 2. The topological polar surface area (TPSA) is 95.1 Å². The van der Waals surface area contributed by atoms with Gasteiger partial charge < -0.3 is 29.6 Å². The number of hydrogen-bond acceptors (Lipinski definition) is 6. The van der Waals surface area contributed by atoms with Crippen LogP contribution in [0.1, 0.15) is 27.6 Å². The molecule has 8 nitrogen and oxygen atoms in total. The van der Waals surface area contributed by atoms with Crippen LogP contribution >= 0.6 is 11.6 Å². The predicted molar refractivity (Wildman–Crippen MR) is 150 cm³/mol. The molecule has 10 heteroatoms. The van der Waals surface area contributed by atoms with Crippen molar-refractivity contribution in [1.82, 2.24) is 0 Å². The smallest absolute Gasteiger partial charge is 0.341 e. The third kappa shape index (κ3) is 6.81. The second-order valence-electron chi connectivity index (χ2n) is 8.46. The highest BCUT2D eigenvalue weighted by Crippen LogP contribution is 2.34. The summed E-state index contributed by atoms with van der Waals surface area (Å²) in [6, 6.07) is 21.8. The number of methoxy groups -OCH3 is 3. The summed E-state index contributed by atoms with van der Waals surface area (Å²) in [5.41, 5.74) is 2.17. The molecule has 0 saturated heterocycles. The van der Waals surface area contributed by atoms with Crippen molar-refractivity contribution in [3.05, 3.63) is 112 Å². The first-order valence-corrected chi connectivity index (χ1v) is 12.4. The molecule has 4 aromatic carbocycles. The van der Waals surface area contributed by atoms with Gasteiger partial charge in [-0.15, -0.1) is 0 Å². The van der Waals surface area contributed by atoms with Crippen molar-refractivity contribution >= 4 is 35.0 Å². The minimum absolute atomic E-state index is 0.0700. The van der Waals surface area contributed by atoms with Gasteiger partial charge in [0.05, 0.1) is 21.3 Å². The van der Waals surface area contributed by atoms with Crippen molar-refractivity contribution in [3.8, 4) is 17.2 Å². The number of urea groups is 1. The molecule has 4 aromatic rings. The van der Waals surface area contributed by atoms with Gasteiger partial charge in [-0.2, -0.15) is 0 Å². The van der Waals surface area contributed by atoms with Crippen molar-refractivity contribution in [1.29, 1.82) is 0 Å². The maximum absolute atomic E-state index is 13.6. The van der Waals surface area contributed by atoms with Gasteiger partial charge in [0.15, 0.2) is 11.5 Å². The van der Waals surface area contributed by atoms with Crippen LogP contribution in [0.2, 0.25) is 5.02 Å². The first-order chi connectivity index (χ1) is 19.3. The predicted octanol–water partition coefficient (Wildman–Crippen LogP) is 7.10. The molecule has 1 atom stereocenters. The van der Waals surface area contributed by atoms with Gasteiger partial charge in [-0.25, -0.2) is 14.0 Å². The molecular formula is C30H26ClFN2O6. The molecule has 0 aliphatic heterocycles. The van der Waals surface area contributed by atoms with Gasteiger partial charge in [-0.05, 0) is 65.7 Å². The molecule has 0 heterocycles. The molecule has 0 aliphatic rings. The Morgan fingerprint density at radius 1 is 0.750 bits per heavy atom. The van der Waals surface area contributed by atoms with Crippen molar-refractivity contribution in [2.24, 2.45) is 0 Å². The van der Waals surface area contributed by atoms with Crippen LogP contribution in [0.15, 0.2) is 84.9 Å². The van der Waals surface area contributed by atoms with E-state index < -0.39 is 23.9 Å². The number of carbonyl (C=O) groups is 2. The highest BCUT2D eigenvalue weighted by Gasteiger charge is 2.22. The standard InChI is InChI=1S/C30H26ClFN2O6/c1-37-26-14-12-23(17-27(26)38-2)34-30(36)33-22-11-13-25(24(16-22)29(35)39-3)40-28(18-7-9-21(32)10-8-18)19-5-4-6-20(31)15-19/h4-17,28H,1-3H3,(H2,33,34,36). The van der Waals surface area contributed by atoms with Crippen molar-refractivity contribution in [2.75, 3.05) is 32.0 Å². The Morgan fingerprint density at radius 2 is 1.40 bits per heavy atom.